The van der Waals surface area contributed by atoms with Gasteiger partial charge < -0.3 is 19.9 Å². The first-order valence-corrected chi connectivity index (χ1v) is 9.87. The number of ketones is 1. The van der Waals surface area contributed by atoms with Crippen LogP contribution in [0.3, 0.4) is 0 Å². The lowest BCUT2D eigenvalue weighted by atomic mass is 9.83. The highest BCUT2D eigenvalue weighted by Crippen LogP contribution is 2.28. The lowest BCUT2D eigenvalue weighted by Crippen LogP contribution is -2.36. The molecule has 2 N–H and O–H groups in total. The first-order chi connectivity index (χ1) is 14.4. The summed E-state index contributed by atoms with van der Waals surface area (Å²) in [5.41, 5.74) is 1.82. The van der Waals surface area contributed by atoms with Crippen LogP contribution < -0.4 is 5.32 Å². The Hall–Kier alpha value is -3.35. The van der Waals surface area contributed by atoms with Gasteiger partial charge in [0.25, 0.3) is 5.78 Å². The molecule has 30 heavy (non-hydrogen) atoms. The highest BCUT2D eigenvalue weighted by molar-refractivity contribution is 6.40. The van der Waals surface area contributed by atoms with Gasteiger partial charge in [-0.15, -0.1) is 0 Å². The Morgan fingerprint density at radius 2 is 1.70 bits per heavy atom. The minimum absolute atomic E-state index is 0.101. The molecule has 0 radical (unpaired) electrons. The van der Waals surface area contributed by atoms with Crippen molar-refractivity contribution < 1.29 is 29.0 Å². The molecule has 0 fully saturated rings. The Morgan fingerprint density at radius 3 is 2.33 bits per heavy atom. The highest BCUT2D eigenvalue weighted by Gasteiger charge is 2.30. The number of aliphatic hydroxyl groups excluding tert-OH is 1. The second-order valence-corrected chi connectivity index (χ2v) is 6.73. The van der Waals surface area contributed by atoms with Crippen molar-refractivity contribution in [3.63, 3.8) is 0 Å². The first kappa shape index (κ1) is 22.9. The number of carbonyl (C=O) groups excluding carboxylic acids is 3. The SMILES string of the molecule is CCOC(=O)C(=O)/C(Cc1ccccc1)=C1\C=CNC(C=C(O)C(=O)OCC)C1C. The fourth-order valence-corrected chi connectivity index (χ4v) is 3.18. The second-order valence-electron chi connectivity index (χ2n) is 6.73. The Morgan fingerprint density at radius 1 is 1.07 bits per heavy atom. The van der Waals surface area contributed by atoms with E-state index in [1.807, 2.05) is 37.3 Å². The smallest absolute Gasteiger partial charge is 0.379 e. The van der Waals surface area contributed by atoms with E-state index in [1.54, 1.807) is 26.1 Å². The molecule has 2 unspecified atom stereocenters. The third kappa shape index (κ3) is 5.83. The van der Waals surface area contributed by atoms with Crippen LogP contribution in [0.4, 0.5) is 0 Å². The van der Waals surface area contributed by atoms with Crippen molar-refractivity contribution in [3.8, 4) is 0 Å². The van der Waals surface area contributed by atoms with Gasteiger partial charge in [0.1, 0.15) is 0 Å². The van der Waals surface area contributed by atoms with E-state index in [0.29, 0.717) is 11.1 Å². The maximum atomic E-state index is 12.9. The zero-order chi connectivity index (χ0) is 22.1. The van der Waals surface area contributed by atoms with E-state index in [2.05, 4.69) is 5.32 Å². The van der Waals surface area contributed by atoms with Crippen molar-refractivity contribution in [2.45, 2.75) is 33.2 Å². The molecule has 2 rings (SSSR count). The Kier molecular flexibility index (Phi) is 8.41. The molecule has 0 spiro atoms. The maximum Gasteiger partial charge on any atom is 0.379 e. The molecule has 2 atom stereocenters. The Bertz CT molecular complexity index is 869. The van der Waals surface area contributed by atoms with E-state index in [1.165, 1.54) is 6.08 Å². The van der Waals surface area contributed by atoms with Crippen molar-refractivity contribution in [1.29, 1.82) is 0 Å². The largest absolute Gasteiger partial charge is 0.502 e. The van der Waals surface area contributed by atoms with Gasteiger partial charge >= 0.3 is 11.9 Å². The quantitative estimate of drug-likeness (QED) is 0.292. The van der Waals surface area contributed by atoms with E-state index in [-0.39, 0.29) is 25.6 Å². The summed E-state index contributed by atoms with van der Waals surface area (Å²) in [7, 11) is 0. The topological polar surface area (TPSA) is 102 Å². The predicted molar refractivity (Wildman–Crippen MR) is 111 cm³/mol. The fraction of sp³-hybridized carbons (Fsp3) is 0.348. The van der Waals surface area contributed by atoms with Gasteiger partial charge in [-0.25, -0.2) is 9.59 Å². The Balaban J connectivity index is 2.43. The molecule has 1 heterocycles. The van der Waals surface area contributed by atoms with E-state index in [0.717, 1.165) is 5.56 Å². The minimum atomic E-state index is -0.906. The molecule has 1 aliphatic heterocycles. The zero-order valence-corrected chi connectivity index (χ0v) is 17.4. The monoisotopic (exact) mass is 413 g/mol. The number of ether oxygens (including phenoxy) is 2. The number of carbonyl (C=O) groups is 3. The number of allylic oxidation sites excluding steroid dienone is 1. The number of Topliss-reactive ketones (excluding diaryl/α,β-unsaturated/α-hetero) is 1. The number of aliphatic hydroxyl groups is 1. The number of esters is 2. The molecule has 0 aromatic heterocycles. The molecular formula is C23H27NO6. The summed E-state index contributed by atoms with van der Waals surface area (Å²) < 4.78 is 9.72. The van der Waals surface area contributed by atoms with Crippen LogP contribution in [0.2, 0.25) is 0 Å². The molecule has 7 nitrogen and oxygen atoms in total. The standard InChI is InChI=1S/C23H27NO6/c1-4-29-22(27)20(25)14-19-15(3)17(11-12-24-19)18(21(26)23(28)30-5-2)13-16-9-7-6-8-10-16/h6-12,14-15,19,24-25H,4-5,13H2,1-3H3/b18-17+,20-14?. The molecule has 0 saturated carbocycles. The van der Waals surface area contributed by atoms with Gasteiger partial charge in [-0.2, -0.15) is 0 Å². The average Bonchev–Trinajstić information content (AvgIpc) is 2.74. The summed E-state index contributed by atoms with van der Waals surface area (Å²) in [6, 6.07) is 8.86. The normalized spacial score (nSPS) is 20.2. The number of benzene rings is 1. The number of hydrogen-bond donors (Lipinski definition) is 2. The van der Waals surface area contributed by atoms with E-state index < -0.39 is 29.5 Å². The molecule has 0 saturated heterocycles. The summed E-state index contributed by atoms with van der Waals surface area (Å²) in [4.78, 5) is 36.8. The van der Waals surface area contributed by atoms with Gasteiger partial charge in [0.05, 0.1) is 19.3 Å². The van der Waals surface area contributed by atoms with Gasteiger partial charge in [0.2, 0.25) is 0 Å². The van der Waals surface area contributed by atoms with Gasteiger partial charge in [-0.1, -0.05) is 37.3 Å². The van der Waals surface area contributed by atoms with E-state index in [9.17, 15) is 19.5 Å². The summed E-state index contributed by atoms with van der Waals surface area (Å²) in [5, 5.41) is 13.1. The first-order valence-electron chi connectivity index (χ1n) is 9.87. The predicted octanol–water partition coefficient (Wildman–Crippen LogP) is 2.78. The van der Waals surface area contributed by atoms with Crippen LogP contribution >= 0.6 is 0 Å². The Labute approximate surface area is 176 Å². The molecular weight excluding hydrogens is 386 g/mol. The van der Waals surface area contributed by atoms with Gasteiger partial charge in [-0.3, -0.25) is 4.79 Å². The lowest BCUT2D eigenvalue weighted by Gasteiger charge is -2.29. The van der Waals surface area contributed by atoms with Crippen LogP contribution in [-0.4, -0.2) is 42.1 Å². The molecule has 0 bridgehead atoms. The van der Waals surface area contributed by atoms with Gasteiger partial charge in [0.15, 0.2) is 5.76 Å². The van der Waals surface area contributed by atoms with Crippen LogP contribution in [0.25, 0.3) is 0 Å². The van der Waals surface area contributed by atoms with Crippen LogP contribution in [0.1, 0.15) is 26.3 Å². The van der Waals surface area contributed by atoms with Crippen molar-refractivity contribution >= 4 is 17.7 Å². The lowest BCUT2D eigenvalue weighted by molar-refractivity contribution is -0.151. The van der Waals surface area contributed by atoms with Crippen LogP contribution in [0.5, 0.6) is 0 Å². The van der Waals surface area contributed by atoms with E-state index in [4.69, 9.17) is 9.47 Å². The van der Waals surface area contributed by atoms with Gasteiger partial charge in [0, 0.05) is 17.9 Å². The third-order valence-electron chi connectivity index (χ3n) is 4.71. The molecule has 1 aromatic rings. The van der Waals surface area contributed by atoms with Crippen molar-refractivity contribution in [3.05, 3.63) is 71.2 Å². The van der Waals surface area contributed by atoms with Crippen LogP contribution in [-0.2, 0) is 30.3 Å². The highest BCUT2D eigenvalue weighted by atomic mass is 16.5. The van der Waals surface area contributed by atoms with Crippen molar-refractivity contribution in [1.82, 2.24) is 5.32 Å². The van der Waals surface area contributed by atoms with Gasteiger partial charge in [-0.05, 0) is 43.3 Å². The minimum Gasteiger partial charge on any atom is -0.502 e. The summed E-state index contributed by atoms with van der Waals surface area (Å²) >= 11 is 0. The summed E-state index contributed by atoms with van der Waals surface area (Å²) in [6.45, 7) is 5.37. The summed E-state index contributed by atoms with van der Waals surface area (Å²) in [6.07, 6.45) is 4.95. The van der Waals surface area contributed by atoms with Crippen LogP contribution in [0.15, 0.2) is 65.6 Å². The average molecular weight is 413 g/mol. The zero-order valence-electron chi connectivity index (χ0n) is 17.4. The van der Waals surface area contributed by atoms with Crippen LogP contribution in [0, 0.1) is 5.92 Å². The molecule has 1 aromatic carbocycles. The second kappa shape index (κ2) is 11.0. The fourth-order valence-electron chi connectivity index (χ4n) is 3.18. The molecule has 160 valence electrons. The molecule has 0 amide bonds. The van der Waals surface area contributed by atoms with Crippen molar-refractivity contribution in [2.75, 3.05) is 13.2 Å². The third-order valence-corrected chi connectivity index (χ3v) is 4.71. The molecule has 0 aliphatic carbocycles. The van der Waals surface area contributed by atoms with Crippen molar-refractivity contribution in [2.24, 2.45) is 5.92 Å². The van der Waals surface area contributed by atoms with E-state index >= 15 is 0 Å². The molecule has 7 heteroatoms. The number of hydrogen-bond acceptors (Lipinski definition) is 7. The number of rotatable bonds is 8. The summed E-state index contributed by atoms with van der Waals surface area (Å²) in [5.74, 6) is -3.26. The molecule has 1 aliphatic rings. The maximum absolute atomic E-state index is 12.9. The number of nitrogens with one attached hydrogen (secondary N) is 1.